The Kier molecular flexibility index (Phi) is 7.00. The van der Waals surface area contributed by atoms with Crippen LogP contribution in [0.5, 0.6) is 0 Å². The van der Waals surface area contributed by atoms with E-state index in [1.165, 1.54) is 22.3 Å². The highest BCUT2D eigenvalue weighted by Crippen LogP contribution is 2.27. The highest BCUT2D eigenvalue weighted by molar-refractivity contribution is 5.73. The van der Waals surface area contributed by atoms with E-state index in [0.717, 1.165) is 57.7 Å². The van der Waals surface area contributed by atoms with Gasteiger partial charge < -0.3 is 14.8 Å². The van der Waals surface area contributed by atoms with Gasteiger partial charge >= 0.3 is 0 Å². The molecule has 0 atom stereocenters. The zero-order valence-corrected chi connectivity index (χ0v) is 20.5. The summed E-state index contributed by atoms with van der Waals surface area (Å²) in [7, 11) is 0. The molecule has 2 aliphatic rings. The molecule has 6 heteroatoms. The number of rotatable bonds is 7. The summed E-state index contributed by atoms with van der Waals surface area (Å²) in [6.07, 6.45) is 4.78. The predicted molar refractivity (Wildman–Crippen MR) is 139 cm³/mol. The fraction of sp³-hybridized carbons (Fsp3) is 0.379. The molecule has 0 spiro atoms. The van der Waals surface area contributed by atoms with Gasteiger partial charge in [-0.1, -0.05) is 48.5 Å². The van der Waals surface area contributed by atoms with Crippen molar-refractivity contribution < 1.29 is 4.79 Å². The van der Waals surface area contributed by atoms with E-state index in [-0.39, 0.29) is 11.5 Å². The first-order valence-corrected chi connectivity index (χ1v) is 12.6. The van der Waals surface area contributed by atoms with Gasteiger partial charge in [-0.15, -0.1) is 0 Å². The molecular weight excluding hydrogens is 436 g/mol. The first-order chi connectivity index (χ1) is 17.0. The molecule has 2 aromatic carbocycles. The highest BCUT2D eigenvalue weighted by Gasteiger charge is 2.20. The number of hydrogen-bond acceptors (Lipinski definition) is 4. The van der Waals surface area contributed by atoms with Crippen LogP contribution in [0, 0.1) is 0 Å². The van der Waals surface area contributed by atoms with Crippen LogP contribution in [0.4, 0.5) is 5.69 Å². The zero-order chi connectivity index (χ0) is 24.2. The number of hydrogen-bond donors (Lipinski definition) is 1. The molecule has 0 radical (unpaired) electrons. The van der Waals surface area contributed by atoms with Gasteiger partial charge in [0.1, 0.15) is 0 Å². The summed E-state index contributed by atoms with van der Waals surface area (Å²) in [5, 5.41) is 3.03. The predicted octanol–water partition coefficient (Wildman–Crippen LogP) is 3.71. The fourth-order valence-corrected chi connectivity index (χ4v) is 5.24. The topological polar surface area (TPSA) is 57.6 Å². The van der Waals surface area contributed by atoms with Crippen LogP contribution in [-0.2, 0) is 37.4 Å². The third-order valence-electron chi connectivity index (χ3n) is 7.25. The molecule has 0 bridgehead atoms. The number of aryl methyl sites for hydroxylation is 2. The minimum atomic E-state index is 0.0535. The van der Waals surface area contributed by atoms with Crippen LogP contribution in [-0.4, -0.2) is 34.5 Å². The number of pyridine rings is 1. The summed E-state index contributed by atoms with van der Waals surface area (Å²) >= 11 is 0. The monoisotopic (exact) mass is 470 g/mol. The summed E-state index contributed by atoms with van der Waals surface area (Å²) in [4.78, 5) is 28.7. The van der Waals surface area contributed by atoms with Crippen LogP contribution >= 0.6 is 0 Å². The van der Waals surface area contributed by atoms with Crippen molar-refractivity contribution in [1.29, 1.82) is 0 Å². The Bertz CT molecular complexity index is 1200. The van der Waals surface area contributed by atoms with Gasteiger partial charge in [-0.25, -0.2) is 0 Å². The maximum atomic E-state index is 12.8. The lowest BCUT2D eigenvalue weighted by Gasteiger charge is -2.32. The molecule has 2 aliphatic heterocycles. The maximum Gasteiger partial charge on any atom is 0.252 e. The van der Waals surface area contributed by atoms with E-state index in [4.69, 9.17) is 0 Å². The minimum absolute atomic E-state index is 0.0535. The van der Waals surface area contributed by atoms with Crippen molar-refractivity contribution in [2.45, 2.75) is 58.4 Å². The van der Waals surface area contributed by atoms with Crippen LogP contribution in [0.25, 0.3) is 0 Å². The molecular formula is C29H34N4O2. The second-order valence-corrected chi connectivity index (χ2v) is 9.86. The van der Waals surface area contributed by atoms with E-state index in [9.17, 15) is 9.59 Å². The second kappa shape index (κ2) is 10.5. The average molecular weight is 471 g/mol. The molecule has 1 amide bonds. The quantitative estimate of drug-likeness (QED) is 0.572. The summed E-state index contributed by atoms with van der Waals surface area (Å²) < 4.78 is 1.81. The van der Waals surface area contributed by atoms with E-state index in [2.05, 4.69) is 69.7 Å². The molecule has 0 saturated carbocycles. The van der Waals surface area contributed by atoms with Gasteiger partial charge in [-0.05, 0) is 47.6 Å². The SMILES string of the molecule is CC(=O)NC1CCN(Cc2ccc(CCn3ccc(N4Cc5ccccc5C4)cc3=O)cc2)CC1. The third kappa shape index (κ3) is 5.82. The van der Waals surface area contributed by atoms with E-state index in [0.29, 0.717) is 12.6 Å². The number of nitrogens with zero attached hydrogens (tertiary/aromatic N) is 3. The molecule has 3 heterocycles. The minimum Gasteiger partial charge on any atom is -0.363 e. The van der Waals surface area contributed by atoms with Gasteiger partial charge in [-0.2, -0.15) is 0 Å². The van der Waals surface area contributed by atoms with Crippen molar-refractivity contribution in [3.05, 3.63) is 99.5 Å². The molecule has 1 aromatic heterocycles. The summed E-state index contributed by atoms with van der Waals surface area (Å²) in [6, 6.07) is 21.4. The second-order valence-electron chi connectivity index (χ2n) is 9.86. The Morgan fingerprint density at radius 1 is 0.943 bits per heavy atom. The lowest BCUT2D eigenvalue weighted by atomic mass is 10.0. The molecule has 5 rings (SSSR count). The Morgan fingerprint density at radius 2 is 1.60 bits per heavy atom. The van der Waals surface area contributed by atoms with Crippen LogP contribution < -0.4 is 15.8 Å². The Labute approximate surface area is 207 Å². The lowest BCUT2D eigenvalue weighted by molar-refractivity contribution is -0.119. The van der Waals surface area contributed by atoms with Gasteiger partial charge in [0.25, 0.3) is 5.56 Å². The third-order valence-corrected chi connectivity index (χ3v) is 7.25. The lowest BCUT2D eigenvalue weighted by Crippen LogP contribution is -2.43. The van der Waals surface area contributed by atoms with Gasteiger partial charge in [0.2, 0.25) is 5.91 Å². The number of benzene rings is 2. The number of aromatic nitrogens is 1. The van der Waals surface area contributed by atoms with E-state index in [1.807, 2.05) is 6.20 Å². The van der Waals surface area contributed by atoms with Crippen LogP contribution in [0.1, 0.15) is 42.0 Å². The molecule has 0 aliphatic carbocycles. The van der Waals surface area contributed by atoms with Crippen molar-refractivity contribution in [2.75, 3.05) is 18.0 Å². The number of piperidine rings is 1. The molecule has 1 saturated heterocycles. The summed E-state index contributed by atoms with van der Waals surface area (Å²) in [5.41, 5.74) is 6.28. The number of amides is 1. The molecule has 182 valence electrons. The van der Waals surface area contributed by atoms with Crippen molar-refractivity contribution in [3.8, 4) is 0 Å². The fourth-order valence-electron chi connectivity index (χ4n) is 5.24. The normalized spacial score (nSPS) is 16.3. The molecule has 35 heavy (non-hydrogen) atoms. The number of fused-ring (bicyclic) bond motifs is 1. The number of carbonyl (C=O) groups excluding carboxylic acids is 1. The molecule has 3 aromatic rings. The van der Waals surface area contributed by atoms with E-state index < -0.39 is 0 Å². The summed E-state index contributed by atoms with van der Waals surface area (Å²) in [6.45, 7) is 6.94. The van der Waals surface area contributed by atoms with Gasteiger partial charge in [0.15, 0.2) is 0 Å². The smallest absolute Gasteiger partial charge is 0.252 e. The van der Waals surface area contributed by atoms with Crippen LogP contribution in [0.3, 0.4) is 0 Å². The largest absolute Gasteiger partial charge is 0.363 e. The number of carbonyl (C=O) groups is 1. The van der Waals surface area contributed by atoms with Gasteiger partial charge in [0, 0.05) is 70.2 Å². The number of nitrogens with one attached hydrogen (secondary N) is 1. The van der Waals surface area contributed by atoms with E-state index in [1.54, 1.807) is 17.6 Å². The van der Waals surface area contributed by atoms with Crippen LogP contribution in [0.2, 0.25) is 0 Å². The Balaban J connectivity index is 1.11. The van der Waals surface area contributed by atoms with Crippen molar-refractivity contribution >= 4 is 11.6 Å². The van der Waals surface area contributed by atoms with Crippen molar-refractivity contribution in [3.63, 3.8) is 0 Å². The standard InChI is InChI=1S/C29H34N4O2/c1-22(34)30-27-11-14-31(15-12-27)19-24-8-6-23(7-9-24)10-16-32-17-13-28(18-29(32)35)33-20-25-4-2-3-5-26(25)21-33/h2-9,13,17-18,27H,10-12,14-16,19-21H2,1H3,(H,30,34). The first kappa shape index (κ1) is 23.4. The molecule has 1 N–H and O–H groups in total. The first-order valence-electron chi connectivity index (χ1n) is 12.6. The number of anilines is 1. The molecule has 6 nitrogen and oxygen atoms in total. The van der Waals surface area contributed by atoms with Gasteiger partial charge in [0.05, 0.1) is 0 Å². The van der Waals surface area contributed by atoms with Crippen molar-refractivity contribution in [2.24, 2.45) is 0 Å². The highest BCUT2D eigenvalue weighted by atomic mass is 16.1. The van der Waals surface area contributed by atoms with Gasteiger partial charge in [-0.3, -0.25) is 14.5 Å². The van der Waals surface area contributed by atoms with E-state index >= 15 is 0 Å². The molecule has 0 unspecified atom stereocenters. The summed E-state index contributed by atoms with van der Waals surface area (Å²) in [5.74, 6) is 0.0646. The van der Waals surface area contributed by atoms with Crippen LogP contribution in [0.15, 0.2) is 71.7 Å². The Morgan fingerprint density at radius 3 is 2.23 bits per heavy atom. The molecule has 1 fully saturated rings. The van der Waals surface area contributed by atoms with Crippen molar-refractivity contribution in [1.82, 2.24) is 14.8 Å². The Hall–Kier alpha value is -3.38. The number of likely N-dealkylation sites (tertiary alicyclic amines) is 1. The maximum absolute atomic E-state index is 12.8. The average Bonchev–Trinajstić information content (AvgIpc) is 3.29. The zero-order valence-electron chi connectivity index (χ0n) is 20.5.